The molecule has 0 spiro atoms. The van der Waals surface area contributed by atoms with Crippen LogP contribution in [0.25, 0.3) is 22.2 Å². The maximum Gasteiger partial charge on any atom is 0.254 e. The van der Waals surface area contributed by atoms with Crippen molar-refractivity contribution in [1.82, 2.24) is 20.4 Å². The van der Waals surface area contributed by atoms with Crippen molar-refractivity contribution in [3.8, 4) is 11.3 Å². The van der Waals surface area contributed by atoms with Crippen LogP contribution in [0.1, 0.15) is 28.8 Å². The van der Waals surface area contributed by atoms with Gasteiger partial charge in [-0.3, -0.25) is 4.79 Å². The third-order valence-corrected chi connectivity index (χ3v) is 6.83. The van der Waals surface area contributed by atoms with Gasteiger partial charge in [0.15, 0.2) is 0 Å². The number of piperidine rings is 1. The number of carbonyl (C=O) groups is 1. The molecular weight excluding hydrogens is 439 g/mol. The van der Waals surface area contributed by atoms with Crippen molar-refractivity contribution in [2.24, 2.45) is 5.92 Å². The van der Waals surface area contributed by atoms with Gasteiger partial charge >= 0.3 is 0 Å². The molecule has 178 valence electrons. The zero-order chi connectivity index (χ0) is 24.0. The van der Waals surface area contributed by atoms with Crippen LogP contribution in [-0.2, 0) is 6.42 Å². The summed E-state index contributed by atoms with van der Waals surface area (Å²) >= 11 is 0. The van der Waals surface area contributed by atoms with Gasteiger partial charge in [0.05, 0.1) is 11.1 Å². The topological polar surface area (TPSA) is 58.1 Å². The lowest BCUT2D eigenvalue weighted by atomic mass is 9.96. The van der Waals surface area contributed by atoms with Crippen LogP contribution < -0.4 is 5.32 Å². The summed E-state index contributed by atoms with van der Waals surface area (Å²) in [4.78, 5) is 15.9. The molecule has 0 aliphatic carbocycles. The van der Waals surface area contributed by atoms with Gasteiger partial charge in [-0.1, -0.05) is 60.7 Å². The van der Waals surface area contributed by atoms with E-state index < -0.39 is 0 Å². The Morgan fingerprint density at radius 1 is 0.914 bits per heavy atom. The van der Waals surface area contributed by atoms with E-state index in [4.69, 9.17) is 0 Å². The molecule has 5 nitrogen and oxygen atoms in total. The predicted octanol–water partition coefficient (Wildman–Crippen LogP) is 5.12. The van der Waals surface area contributed by atoms with E-state index in [1.54, 1.807) is 0 Å². The zero-order valence-corrected chi connectivity index (χ0v) is 19.7. The Kier molecular flexibility index (Phi) is 7.09. The number of benzene rings is 3. The van der Waals surface area contributed by atoms with E-state index in [0.29, 0.717) is 29.2 Å². The molecular formula is C29H29FN4O. The van der Waals surface area contributed by atoms with Gasteiger partial charge in [-0.2, -0.15) is 0 Å². The molecule has 1 N–H and O–H groups in total. The van der Waals surface area contributed by atoms with Crippen molar-refractivity contribution in [3.63, 3.8) is 0 Å². The van der Waals surface area contributed by atoms with Gasteiger partial charge in [-0.25, -0.2) is 4.39 Å². The molecule has 0 saturated carbocycles. The molecule has 0 atom stereocenters. The van der Waals surface area contributed by atoms with Gasteiger partial charge in [0.1, 0.15) is 11.5 Å². The molecule has 1 amide bonds. The summed E-state index contributed by atoms with van der Waals surface area (Å²) in [6, 6.07) is 24.2. The SMILES string of the molecule is O=C(NCC1CCN(CCc2ccc(F)cc2)CC1)c1c(-c2ccccc2)nnc2ccccc12. The van der Waals surface area contributed by atoms with Crippen LogP contribution in [-0.4, -0.2) is 47.2 Å². The molecule has 2 heterocycles. The number of rotatable bonds is 7. The summed E-state index contributed by atoms with van der Waals surface area (Å²) < 4.78 is 13.1. The van der Waals surface area contributed by atoms with Crippen LogP contribution in [0.4, 0.5) is 4.39 Å². The highest BCUT2D eigenvalue weighted by molar-refractivity contribution is 6.10. The van der Waals surface area contributed by atoms with Crippen LogP contribution in [0.2, 0.25) is 0 Å². The fourth-order valence-electron chi connectivity index (χ4n) is 4.76. The first kappa shape index (κ1) is 23.1. The number of halogens is 1. The van der Waals surface area contributed by atoms with Crippen molar-refractivity contribution in [2.45, 2.75) is 19.3 Å². The summed E-state index contributed by atoms with van der Waals surface area (Å²) in [5, 5.41) is 12.8. The Morgan fingerprint density at radius 3 is 2.40 bits per heavy atom. The van der Waals surface area contributed by atoms with Gasteiger partial charge in [-0.05, 0) is 62.0 Å². The van der Waals surface area contributed by atoms with Crippen molar-refractivity contribution in [2.75, 3.05) is 26.2 Å². The molecule has 1 fully saturated rings. The number of nitrogens with zero attached hydrogens (tertiary/aromatic N) is 3. The van der Waals surface area contributed by atoms with E-state index in [1.807, 2.05) is 66.7 Å². The third-order valence-electron chi connectivity index (χ3n) is 6.83. The molecule has 1 aliphatic heterocycles. The summed E-state index contributed by atoms with van der Waals surface area (Å²) in [5.41, 5.74) is 3.95. The van der Waals surface area contributed by atoms with Crippen LogP contribution >= 0.6 is 0 Å². The Morgan fingerprint density at radius 2 is 1.63 bits per heavy atom. The lowest BCUT2D eigenvalue weighted by Gasteiger charge is -2.32. The van der Waals surface area contributed by atoms with E-state index in [2.05, 4.69) is 20.4 Å². The van der Waals surface area contributed by atoms with Crippen molar-refractivity contribution in [3.05, 3.63) is 95.8 Å². The van der Waals surface area contributed by atoms with E-state index in [9.17, 15) is 9.18 Å². The number of amides is 1. The Bertz CT molecular complexity index is 1290. The standard InChI is InChI=1S/C29H29FN4O/c30-24-12-10-21(11-13-24)14-17-34-18-15-22(16-19-34)20-31-29(35)27-25-8-4-5-9-26(25)32-33-28(27)23-6-2-1-3-7-23/h1-13,22H,14-20H2,(H,31,35). The van der Waals surface area contributed by atoms with Gasteiger partial charge in [0, 0.05) is 24.0 Å². The fourth-order valence-corrected chi connectivity index (χ4v) is 4.76. The number of hydrogen-bond donors (Lipinski definition) is 1. The van der Waals surface area contributed by atoms with Crippen LogP contribution in [0.5, 0.6) is 0 Å². The van der Waals surface area contributed by atoms with Crippen LogP contribution in [0.15, 0.2) is 78.9 Å². The average Bonchev–Trinajstić information content (AvgIpc) is 2.92. The first-order chi connectivity index (χ1) is 17.2. The van der Waals surface area contributed by atoms with Crippen molar-refractivity contribution < 1.29 is 9.18 Å². The number of carbonyl (C=O) groups excluding carboxylic acids is 1. The second-order valence-electron chi connectivity index (χ2n) is 9.18. The summed E-state index contributed by atoms with van der Waals surface area (Å²) in [7, 11) is 0. The van der Waals surface area contributed by atoms with Gasteiger partial charge in [0.25, 0.3) is 5.91 Å². The molecule has 0 radical (unpaired) electrons. The molecule has 4 aromatic rings. The maximum absolute atomic E-state index is 13.4. The molecule has 3 aromatic carbocycles. The van der Waals surface area contributed by atoms with Crippen molar-refractivity contribution in [1.29, 1.82) is 0 Å². The fraction of sp³-hybridized carbons (Fsp3) is 0.276. The van der Waals surface area contributed by atoms with Gasteiger partial charge in [0.2, 0.25) is 0 Å². The Balaban J connectivity index is 1.21. The average molecular weight is 469 g/mol. The minimum atomic E-state index is -0.192. The molecule has 1 aromatic heterocycles. The third kappa shape index (κ3) is 5.54. The van der Waals surface area contributed by atoms with Crippen LogP contribution in [0, 0.1) is 11.7 Å². The smallest absolute Gasteiger partial charge is 0.254 e. The monoisotopic (exact) mass is 468 g/mol. The quantitative estimate of drug-likeness (QED) is 0.409. The number of nitrogens with one attached hydrogen (secondary N) is 1. The second kappa shape index (κ2) is 10.7. The number of fused-ring (bicyclic) bond motifs is 1. The lowest BCUT2D eigenvalue weighted by molar-refractivity contribution is 0.0938. The van der Waals surface area contributed by atoms with Crippen LogP contribution in [0.3, 0.4) is 0 Å². The molecule has 5 rings (SSSR count). The molecule has 1 aliphatic rings. The number of hydrogen-bond acceptors (Lipinski definition) is 4. The van der Waals surface area contributed by atoms with E-state index in [0.717, 1.165) is 55.4 Å². The predicted molar refractivity (Wildman–Crippen MR) is 137 cm³/mol. The molecule has 6 heteroatoms. The normalized spacial score (nSPS) is 14.8. The first-order valence-electron chi connectivity index (χ1n) is 12.2. The van der Waals surface area contributed by atoms with E-state index in [1.165, 1.54) is 12.1 Å². The van der Waals surface area contributed by atoms with Gasteiger partial charge < -0.3 is 10.2 Å². The molecule has 0 bridgehead atoms. The minimum absolute atomic E-state index is 0.103. The van der Waals surface area contributed by atoms with E-state index in [-0.39, 0.29) is 11.7 Å². The summed E-state index contributed by atoms with van der Waals surface area (Å²) in [6.07, 6.45) is 3.02. The van der Waals surface area contributed by atoms with E-state index >= 15 is 0 Å². The Hall–Kier alpha value is -3.64. The summed E-state index contributed by atoms with van der Waals surface area (Å²) in [5.74, 6) is 0.152. The second-order valence-corrected chi connectivity index (χ2v) is 9.18. The number of likely N-dealkylation sites (tertiary alicyclic amines) is 1. The lowest BCUT2D eigenvalue weighted by Crippen LogP contribution is -2.39. The Labute approximate surface area is 205 Å². The van der Waals surface area contributed by atoms with Gasteiger partial charge in [-0.15, -0.1) is 10.2 Å². The zero-order valence-electron chi connectivity index (χ0n) is 19.7. The minimum Gasteiger partial charge on any atom is -0.352 e. The van der Waals surface area contributed by atoms with Crippen molar-refractivity contribution >= 4 is 16.8 Å². The molecule has 1 saturated heterocycles. The highest BCUT2D eigenvalue weighted by atomic mass is 19.1. The maximum atomic E-state index is 13.4. The largest absolute Gasteiger partial charge is 0.352 e. The molecule has 35 heavy (non-hydrogen) atoms. The highest BCUT2D eigenvalue weighted by Gasteiger charge is 2.22. The molecule has 0 unspecified atom stereocenters. The summed E-state index contributed by atoms with van der Waals surface area (Å²) in [6.45, 7) is 3.64. The highest BCUT2D eigenvalue weighted by Crippen LogP contribution is 2.27. The first-order valence-corrected chi connectivity index (χ1v) is 12.2. The number of aromatic nitrogens is 2.